The number of fused-ring (bicyclic) bond motifs is 1. The topological polar surface area (TPSA) is 29.1 Å². The minimum Gasteiger partial charge on any atom is -1.00 e. The van der Waals surface area contributed by atoms with Crippen LogP contribution < -0.4 is 21.9 Å². The lowest BCUT2D eigenvalue weighted by Crippen LogP contribution is -3.00. The van der Waals surface area contributed by atoms with Crippen molar-refractivity contribution in [1.29, 1.82) is 0 Å². The Morgan fingerprint density at radius 3 is 2.53 bits per heavy atom. The number of carbonyl (C=O) groups is 1. The maximum atomic E-state index is 13.3. The fraction of sp³-hybridized carbons (Fsp3) is 0.304. The number of nitrogens with zero attached hydrogens (tertiary/aromatic N) is 3. The summed E-state index contributed by atoms with van der Waals surface area (Å²) in [6.45, 7) is 5.34. The molecule has 3 aromatic rings. The van der Waals surface area contributed by atoms with Crippen molar-refractivity contribution in [2.45, 2.75) is 45.8 Å². The van der Waals surface area contributed by atoms with Gasteiger partial charge in [-0.25, -0.2) is 9.13 Å². The summed E-state index contributed by atoms with van der Waals surface area (Å²) in [6.07, 6.45) is 4.10. The third-order valence-corrected chi connectivity index (χ3v) is 6.07. The molecular formula is C23H24Cl3N3O. The number of imidazole rings is 1. The highest BCUT2D eigenvalue weighted by Gasteiger charge is 2.31. The van der Waals surface area contributed by atoms with Gasteiger partial charge in [0.1, 0.15) is 6.20 Å². The third-order valence-electron chi connectivity index (χ3n) is 5.33. The molecule has 4 nitrogen and oxygen atoms in total. The number of amides is 1. The van der Waals surface area contributed by atoms with E-state index in [1.54, 1.807) is 0 Å². The number of hydrogen-bond acceptors (Lipinski definition) is 1. The lowest BCUT2D eigenvalue weighted by atomic mass is 10.1. The van der Waals surface area contributed by atoms with E-state index in [0.29, 0.717) is 16.6 Å². The van der Waals surface area contributed by atoms with Crippen molar-refractivity contribution < 1.29 is 21.8 Å². The summed E-state index contributed by atoms with van der Waals surface area (Å²) in [4.78, 5) is 15.1. The Morgan fingerprint density at radius 1 is 1.13 bits per heavy atom. The molecule has 158 valence electrons. The van der Waals surface area contributed by atoms with Gasteiger partial charge in [0.15, 0.2) is 12.2 Å². The fourth-order valence-corrected chi connectivity index (χ4v) is 4.37. The summed E-state index contributed by atoms with van der Waals surface area (Å²) >= 11 is 12.3. The first-order valence-electron chi connectivity index (χ1n) is 9.90. The molecule has 0 spiro atoms. The molecule has 0 N–H and O–H groups in total. The monoisotopic (exact) mass is 463 g/mol. The van der Waals surface area contributed by atoms with Gasteiger partial charge in [-0.1, -0.05) is 41.4 Å². The number of anilines is 1. The highest BCUT2D eigenvalue weighted by atomic mass is 35.5. The van der Waals surface area contributed by atoms with E-state index in [0.717, 1.165) is 36.3 Å². The standard InChI is InChI=1S/C23H24Cl2N3O.ClH/c1-16(2)28(18-7-4-3-5-8-18)23(29)15-26-14-21(27-12-6-9-22(26)27)17-10-11-19(24)20(25)13-17;/h3-5,7-8,10-11,13-14,16H,6,9,12,15H2,1-2H3;1H/q+1;/p-1. The molecule has 1 aromatic heterocycles. The molecule has 1 aliphatic heterocycles. The van der Waals surface area contributed by atoms with E-state index >= 15 is 0 Å². The smallest absolute Gasteiger partial charge is 0.269 e. The maximum Gasteiger partial charge on any atom is 0.269 e. The van der Waals surface area contributed by atoms with Crippen molar-refractivity contribution in [2.24, 2.45) is 0 Å². The summed E-state index contributed by atoms with van der Waals surface area (Å²) in [7, 11) is 0. The first-order chi connectivity index (χ1) is 14.0. The predicted molar refractivity (Wildman–Crippen MR) is 117 cm³/mol. The predicted octanol–water partition coefficient (Wildman–Crippen LogP) is 2.14. The lowest BCUT2D eigenvalue weighted by molar-refractivity contribution is -0.690. The van der Waals surface area contributed by atoms with Crippen LogP contribution in [0.3, 0.4) is 0 Å². The van der Waals surface area contributed by atoms with Crippen LogP contribution in [-0.2, 0) is 24.3 Å². The van der Waals surface area contributed by atoms with Crippen LogP contribution >= 0.6 is 23.2 Å². The molecule has 0 unspecified atom stereocenters. The Bertz CT molecular complexity index is 1050. The van der Waals surface area contributed by atoms with E-state index in [4.69, 9.17) is 23.2 Å². The number of para-hydroxylation sites is 1. The maximum absolute atomic E-state index is 13.3. The zero-order valence-corrected chi connectivity index (χ0v) is 19.3. The number of benzene rings is 2. The largest absolute Gasteiger partial charge is 1.00 e. The van der Waals surface area contributed by atoms with Crippen LogP contribution in [0.2, 0.25) is 10.0 Å². The molecular weight excluding hydrogens is 441 g/mol. The molecule has 2 aromatic carbocycles. The summed E-state index contributed by atoms with van der Waals surface area (Å²) < 4.78 is 4.38. The van der Waals surface area contributed by atoms with Gasteiger partial charge < -0.3 is 17.3 Å². The second-order valence-corrected chi connectivity index (χ2v) is 8.45. The van der Waals surface area contributed by atoms with Gasteiger partial charge in [-0.15, -0.1) is 0 Å². The van der Waals surface area contributed by atoms with Crippen LogP contribution in [0, 0.1) is 0 Å². The Balaban J connectivity index is 0.00000256. The van der Waals surface area contributed by atoms with Crippen LogP contribution in [0.1, 0.15) is 26.1 Å². The molecule has 1 amide bonds. The number of carbonyl (C=O) groups excluding carboxylic acids is 1. The van der Waals surface area contributed by atoms with E-state index in [9.17, 15) is 4.79 Å². The highest BCUT2D eigenvalue weighted by molar-refractivity contribution is 6.42. The molecule has 4 rings (SSSR count). The Morgan fingerprint density at radius 2 is 1.87 bits per heavy atom. The van der Waals surface area contributed by atoms with Crippen molar-refractivity contribution in [3.8, 4) is 11.3 Å². The van der Waals surface area contributed by atoms with Gasteiger partial charge in [0.2, 0.25) is 0 Å². The lowest BCUT2D eigenvalue weighted by Gasteiger charge is -2.26. The quantitative estimate of drug-likeness (QED) is 0.532. The Labute approximate surface area is 193 Å². The molecule has 0 bridgehead atoms. The Kier molecular flexibility index (Phi) is 7.12. The first-order valence-corrected chi connectivity index (χ1v) is 10.7. The van der Waals surface area contributed by atoms with Crippen LogP contribution in [0.4, 0.5) is 5.69 Å². The van der Waals surface area contributed by atoms with Crippen molar-refractivity contribution in [3.63, 3.8) is 0 Å². The second kappa shape index (κ2) is 9.42. The molecule has 0 radical (unpaired) electrons. The van der Waals surface area contributed by atoms with Crippen molar-refractivity contribution in [2.75, 3.05) is 4.90 Å². The van der Waals surface area contributed by atoms with Crippen molar-refractivity contribution in [1.82, 2.24) is 4.57 Å². The van der Waals surface area contributed by atoms with Gasteiger partial charge in [-0.3, -0.25) is 4.79 Å². The minimum absolute atomic E-state index is 0. The average molecular weight is 465 g/mol. The number of rotatable bonds is 5. The van der Waals surface area contributed by atoms with Gasteiger partial charge in [0, 0.05) is 17.3 Å². The summed E-state index contributed by atoms with van der Waals surface area (Å²) in [5, 5.41) is 1.08. The van der Waals surface area contributed by atoms with E-state index in [2.05, 4.69) is 15.3 Å². The van der Waals surface area contributed by atoms with Crippen molar-refractivity contribution >= 4 is 34.8 Å². The van der Waals surface area contributed by atoms with Crippen LogP contribution in [0.25, 0.3) is 11.3 Å². The van der Waals surface area contributed by atoms with Gasteiger partial charge in [-0.05, 0) is 50.6 Å². The van der Waals surface area contributed by atoms with Crippen LogP contribution in [0.5, 0.6) is 0 Å². The number of aromatic nitrogens is 2. The fourth-order valence-electron chi connectivity index (χ4n) is 4.07. The molecule has 0 aliphatic carbocycles. The molecule has 30 heavy (non-hydrogen) atoms. The SMILES string of the molecule is CC(C)N(C(=O)C[n+]1cc(-c2ccc(Cl)c(Cl)c2)n2c1CCC2)c1ccccc1.[Cl-]. The van der Waals surface area contributed by atoms with Crippen LogP contribution in [-0.4, -0.2) is 16.5 Å². The van der Waals surface area contributed by atoms with Crippen molar-refractivity contribution in [3.05, 3.63) is 70.6 Å². The van der Waals surface area contributed by atoms with E-state index in [1.807, 2.05) is 67.3 Å². The zero-order chi connectivity index (χ0) is 20.5. The normalized spacial score (nSPS) is 12.6. The summed E-state index contributed by atoms with van der Waals surface area (Å²) in [5.74, 6) is 1.26. The van der Waals surface area contributed by atoms with Gasteiger partial charge in [0.25, 0.3) is 11.7 Å². The average Bonchev–Trinajstić information content (AvgIpc) is 3.29. The van der Waals surface area contributed by atoms with Crippen LogP contribution in [0.15, 0.2) is 54.7 Å². The molecule has 2 heterocycles. The second-order valence-electron chi connectivity index (χ2n) is 7.64. The van der Waals surface area contributed by atoms with Gasteiger partial charge >= 0.3 is 0 Å². The number of hydrogen-bond donors (Lipinski definition) is 0. The van der Waals surface area contributed by atoms with E-state index in [1.165, 1.54) is 5.82 Å². The molecule has 0 saturated carbocycles. The zero-order valence-electron chi connectivity index (χ0n) is 17.0. The van der Waals surface area contributed by atoms with Gasteiger partial charge in [-0.2, -0.15) is 0 Å². The van der Waals surface area contributed by atoms with E-state index in [-0.39, 0.29) is 24.4 Å². The molecule has 1 aliphatic rings. The van der Waals surface area contributed by atoms with E-state index < -0.39 is 0 Å². The number of halogens is 3. The first kappa shape index (κ1) is 22.7. The minimum atomic E-state index is 0. The molecule has 0 saturated heterocycles. The Hall–Kier alpha value is -2.01. The van der Waals surface area contributed by atoms with Gasteiger partial charge in [0.05, 0.1) is 23.0 Å². The third kappa shape index (κ3) is 4.36. The molecule has 0 fully saturated rings. The highest BCUT2D eigenvalue weighted by Crippen LogP contribution is 2.30. The summed E-state index contributed by atoms with van der Waals surface area (Å²) in [6, 6.07) is 15.6. The summed E-state index contributed by atoms with van der Waals surface area (Å²) in [5.41, 5.74) is 3.01. The molecule has 0 atom stereocenters. The molecule has 7 heteroatoms.